The summed E-state index contributed by atoms with van der Waals surface area (Å²) < 4.78 is 7.03. The van der Waals surface area contributed by atoms with Crippen molar-refractivity contribution < 1.29 is 14.3 Å². The van der Waals surface area contributed by atoms with Gasteiger partial charge in [-0.05, 0) is 43.1 Å². The first-order chi connectivity index (χ1) is 14.9. The van der Waals surface area contributed by atoms with Gasteiger partial charge in [-0.25, -0.2) is 0 Å². The van der Waals surface area contributed by atoms with E-state index in [0.29, 0.717) is 31.7 Å². The van der Waals surface area contributed by atoms with Crippen LogP contribution in [0, 0.1) is 0 Å². The molecule has 1 aromatic heterocycles. The second-order valence-corrected chi connectivity index (χ2v) is 8.23. The van der Waals surface area contributed by atoms with Crippen molar-refractivity contribution in [2.75, 3.05) is 33.3 Å². The number of rotatable bonds is 4. The fourth-order valence-corrected chi connectivity index (χ4v) is 4.07. The van der Waals surface area contributed by atoms with Gasteiger partial charge >= 0.3 is 0 Å². The van der Waals surface area contributed by atoms with Crippen LogP contribution in [0.3, 0.4) is 0 Å². The van der Waals surface area contributed by atoms with Crippen LogP contribution in [0.1, 0.15) is 27.9 Å². The lowest BCUT2D eigenvalue weighted by Crippen LogP contribution is -2.58. The van der Waals surface area contributed by atoms with Gasteiger partial charge in [0.05, 0.1) is 12.2 Å². The first-order valence-corrected chi connectivity index (χ1v) is 10.6. The largest absolute Gasteiger partial charge is 0.493 e. The number of hydrogen-bond donors (Lipinski definition) is 1. The molecule has 1 aromatic carbocycles. The summed E-state index contributed by atoms with van der Waals surface area (Å²) in [6, 6.07) is 8.54. The zero-order valence-electron chi connectivity index (χ0n) is 18.0. The molecule has 2 aliphatic heterocycles. The fraction of sp³-hybridized carbons (Fsp3) is 0.435. The third-order valence-electron chi connectivity index (χ3n) is 6.01. The van der Waals surface area contributed by atoms with Gasteiger partial charge in [-0.1, -0.05) is 12.1 Å². The normalized spacial score (nSPS) is 18.8. The molecule has 8 nitrogen and oxygen atoms in total. The van der Waals surface area contributed by atoms with E-state index in [-0.39, 0.29) is 17.4 Å². The molecule has 164 valence electrons. The maximum absolute atomic E-state index is 12.9. The van der Waals surface area contributed by atoms with Crippen LogP contribution in [0.25, 0.3) is 0 Å². The van der Waals surface area contributed by atoms with E-state index in [9.17, 15) is 14.4 Å². The van der Waals surface area contributed by atoms with Gasteiger partial charge in [0, 0.05) is 45.5 Å². The summed E-state index contributed by atoms with van der Waals surface area (Å²) in [5.41, 5.74) is 2.50. The van der Waals surface area contributed by atoms with Crippen LogP contribution in [-0.4, -0.2) is 65.5 Å². The number of benzene rings is 1. The van der Waals surface area contributed by atoms with Crippen LogP contribution >= 0.6 is 0 Å². The molecule has 1 N–H and O–H groups in total. The number of hydrogen-bond acceptors (Lipinski definition) is 5. The minimum absolute atomic E-state index is 0.102. The molecule has 31 heavy (non-hydrogen) atoms. The molecule has 0 spiro atoms. The van der Waals surface area contributed by atoms with E-state index in [1.807, 2.05) is 24.1 Å². The Morgan fingerprint density at radius 2 is 2.00 bits per heavy atom. The van der Waals surface area contributed by atoms with E-state index < -0.39 is 6.04 Å². The Kier molecular flexibility index (Phi) is 6.08. The zero-order chi connectivity index (χ0) is 22.0. The number of likely N-dealkylation sites (N-methyl/N-ethyl adjacent to an activating group) is 1. The summed E-state index contributed by atoms with van der Waals surface area (Å²) >= 11 is 0. The lowest BCUT2D eigenvalue weighted by Gasteiger charge is -2.38. The van der Waals surface area contributed by atoms with Crippen molar-refractivity contribution in [3.05, 3.63) is 63.6 Å². The van der Waals surface area contributed by atoms with Crippen LogP contribution in [0.4, 0.5) is 0 Å². The Hall–Kier alpha value is -3.13. The number of aromatic nitrogens is 1. The Morgan fingerprint density at radius 1 is 1.16 bits per heavy atom. The number of fused-ring (bicyclic) bond motifs is 1. The Morgan fingerprint density at radius 3 is 2.81 bits per heavy atom. The van der Waals surface area contributed by atoms with Crippen molar-refractivity contribution in [1.29, 1.82) is 0 Å². The highest BCUT2D eigenvalue weighted by Crippen LogP contribution is 2.25. The van der Waals surface area contributed by atoms with Gasteiger partial charge in [-0.15, -0.1) is 0 Å². The molecule has 8 heteroatoms. The topological polar surface area (TPSA) is 83.9 Å². The first kappa shape index (κ1) is 21.1. The minimum atomic E-state index is -0.425. The maximum Gasteiger partial charge on any atom is 0.255 e. The van der Waals surface area contributed by atoms with Crippen LogP contribution in [0.15, 0.2) is 41.3 Å². The van der Waals surface area contributed by atoms with E-state index in [0.717, 1.165) is 30.8 Å². The summed E-state index contributed by atoms with van der Waals surface area (Å²) in [5, 5.41) is 3.02. The predicted octanol–water partition coefficient (Wildman–Crippen LogP) is 0.783. The second kappa shape index (κ2) is 8.93. The summed E-state index contributed by atoms with van der Waals surface area (Å²) in [4.78, 5) is 41.1. The molecule has 2 amide bonds. The van der Waals surface area contributed by atoms with Crippen molar-refractivity contribution >= 4 is 11.8 Å². The van der Waals surface area contributed by atoms with Crippen LogP contribution in [0.2, 0.25) is 0 Å². The third-order valence-corrected chi connectivity index (χ3v) is 6.01. The number of carbonyl (C=O) groups is 2. The molecule has 0 unspecified atom stereocenters. The van der Waals surface area contributed by atoms with Crippen molar-refractivity contribution in [2.24, 2.45) is 7.05 Å². The molecular formula is C23H28N4O4. The van der Waals surface area contributed by atoms with E-state index in [1.54, 1.807) is 11.9 Å². The summed E-state index contributed by atoms with van der Waals surface area (Å²) in [7, 11) is 3.51. The van der Waals surface area contributed by atoms with Gasteiger partial charge in [-0.3, -0.25) is 19.3 Å². The molecule has 4 rings (SSSR count). The SMILES string of the molecule is CN1CCN(C(=O)c2ccc(=O)n(C)c2)C[C@@H]1C(=O)NCc1ccc2c(c1)CCCO2. The smallest absolute Gasteiger partial charge is 0.255 e. The van der Waals surface area contributed by atoms with Gasteiger partial charge in [0.25, 0.3) is 5.91 Å². The number of nitrogens with one attached hydrogen (secondary N) is 1. The maximum atomic E-state index is 12.9. The van der Waals surface area contributed by atoms with Crippen molar-refractivity contribution in [3.8, 4) is 5.75 Å². The van der Waals surface area contributed by atoms with E-state index in [2.05, 4.69) is 11.4 Å². The zero-order valence-corrected chi connectivity index (χ0v) is 18.0. The van der Waals surface area contributed by atoms with Gasteiger partial charge in [0.2, 0.25) is 11.5 Å². The summed E-state index contributed by atoms with van der Waals surface area (Å²) in [6.45, 7) is 2.64. The molecule has 2 aromatic rings. The van der Waals surface area contributed by atoms with E-state index >= 15 is 0 Å². The average molecular weight is 425 g/mol. The summed E-state index contributed by atoms with van der Waals surface area (Å²) in [6.07, 6.45) is 3.54. The van der Waals surface area contributed by atoms with Crippen LogP contribution < -0.4 is 15.6 Å². The lowest BCUT2D eigenvalue weighted by atomic mass is 10.0. The van der Waals surface area contributed by atoms with E-state index in [4.69, 9.17) is 4.74 Å². The quantitative estimate of drug-likeness (QED) is 0.784. The summed E-state index contributed by atoms with van der Waals surface area (Å²) in [5.74, 6) is 0.659. The van der Waals surface area contributed by atoms with Gasteiger partial charge < -0.3 is 19.5 Å². The number of ether oxygens (including phenoxy) is 1. The molecule has 3 heterocycles. The first-order valence-electron chi connectivity index (χ1n) is 10.6. The molecule has 2 aliphatic rings. The minimum Gasteiger partial charge on any atom is -0.493 e. The predicted molar refractivity (Wildman–Crippen MR) is 116 cm³/mol. The van der Waals surface area contributed by atoms with Crippen molar-refractivity contribution in [1.82, 2.24) is 19.7 Å². The van der Waals surface area contributed by atoms with Crippen molar-refractivity contribution in [3.63, 3.8) is 0 Å². The monoisotopic (exact) mass is 424 g/mol. The number of aryl methyl sites for hydroxylation is 2. The second-order valence-electron chi connectivity index (χ2n) is 8.23. The highest BCUT2D eigenvalue weighted by atomic mass is 16.5. The molecule has 1 saturated heterocycles. The number of nitrogens with zero attached hydrogens (tertiary/aromatic N) is 3. The fourth-order valence-electron chi connectivity index (χ4n) is 4.07. The molecule has 0 saturated carbocycles. The number of pyridine rings is 1. The standard InChI is InChI=1S/C23H28N4O4/c1-25-9-10-27(23(30)18-6-8-21(28)26(2)14-18)15-19(25)22(29)24-13-16-5-7-20-17(12-16)4-3-11-31-20/h5-8,12,14,19H,3-4,9-11,13,15H2,1-2H3,(H,24,29)/t19-/m1/s1. The molecule has 0 radical (unpaired) electrons. The number of piperazine rings is 1. The highest BCUT2D eigenvalue weighted by Gasteiger charge is 2.32. The third kappa shape index (κ3) is 4.64. The van der Waals surface area contributed by atoms with Gasteiger partial charge in [0.15, 0.2) is 0 Å². The molecule has 0 bridgehead atoms. The average Bonchev–Trinajstić information content (AvgIpc) is 2.79. The molecule has 0 aliphatic carbocycles. The Balaban J connectivity index is 1.39. The van der Waals surface area contributed by atoms with Crippen LogP contribution in [-0.2, 0) is 24.8 Å². The Labute approximate surface area is 181 Å². The van der Waals surface area contributed by atoms with Crippen molar-refractivity contribution in [2.45, 2.75) is 25.4 Å². The number of amides is 2. The van der Waals surface area contributed by atoms with E-state index in [1.165, 1.54) is 28.5 Å². The molecular weight excluding hydrogens is 396 g/mol. The lowest BCUT2D eigenvalue weighted by molar-refractivity contribution is -0.127. The van der Waals surface area contributed by atoms with Gasteiger partial charge in [-0.2, -0.15) is 0 Å². The highest BCUT2D eigenvalue weighted by molar-refractivity contribution is 5.94. The molecule has 1 atom stereocenters. The molecule has 1 fully saturated rings. The van der Waals surface area contributed by atoms with Crippen LogP contribution in [0.5, 0.6) is 5.75 Å². The van der Waals surface area contributed by atoms with Gasteiger partial charge in [0.1, 0.15) is 11.8 Å². The number of carbonyl (C=O) groups excluding carboxylic acids is 2. The Bertz CT molecular complexity index is 1050.